The summed E-state index contributed by atoms with van der Waals surface area (Å²) in [6, 6.07) is 7.51. The maximum Gasteiger partial charge on any atom is 0.415 e. The Balaban J connectivity index is 1.96. The van der Waals surface area contributed by atoms with Crippen LogP contribution in [-0.2, 0) is 5.54 Å². The van der Waals surface area contributed by atoms with E-state index in [-0.39, 0.29) is 22.0 Å². The summed E-state index contributed by atoms with van der Waals surface area (Å²) in [7, 11) is 0. The molecule has 1 saturated carbocycles. The molecule has 1 atom stereocenters. The number of alkyl halides is 3. The van der Waals surface area contributed by atoms with Gasteiger partial charge in [0.05, 0.1) is 0 Å². The number of aromatic nitrogens is 1. The Kier molecular flexibility index (Phi) is 3.51. The van der Waals surface area contributed by atoms with Crippen LogP contribution in [-0.4, -0.2) is 17.7 Å². The zero-order chi connectivity index (χ0) is 16.9. The zero-order valence-electron chi connectivity index (χ0n) is 12.6. The van der Waals surface area contributed by atoms with Gasteiger partial charge in [0.15, 0.2) is 5.54 Å². The van der Waals surface area contributed by atoms with Gasteiger partial charge >= 0.3 is 6.18 Å². The van der Waals surface area contributed by atoms with Crippen LogP contribution in [0.3, 0.4) is 0 Å². The monoisotopic (exact) mass is 353 g/mol. The third kappa shape index (κ3) is 2.36. The Morgan fingerprint density at radius 1 is 1.25 bits per heavy atom. The van der Waals surface area contributed by atoms with E-state index in [9.17, 15) is 13.2 Å². The molecule has 3 nitrogen and oxygen atoms in total. The lowest BCUT2D eigenvalue weighted by Crippen LogP contribution is -2.57. The third-order valence-electron chi connectivity index (χ3n) is 4.63. The molecule has 7 heteroatoms. The highest BCUT2D eigenvalue weighted by Gasteiger charge is 2.60. The summed E-state index contributed by atoms with van der Waals surface area (Å²) in [5.41, 5.74) is -1.78. The molecule has 2 N–H and O–H groups in total. The first-order valence-corrected chi connectivity index (χ1v) is 8.14. The minimum Gasteiger partial charge on any atom is -0.340 e. The first-order chi connectivity index (χ1) is 11.4. The van der Waals surface area contributed by atoms with Gasteiger partial charge in [0.25, 0.3) is 0 Å². The van der Waals surface area contributed by atoms with Gasteiger partial charge in [-0.25, -0.2) is 4.98 Å². The van der Waals surface area contributed by atoms with E-state index in [1.54, 1.807) is 12.1 Å². The summed E-state index contributed by atoms with van der Waals surface area (Å²) in [5, 5.41) is 6.07. The number of hydrogen-bond acceptors (Lipinski definition) is 3. The van der Waals surface area contributed by atoms with E-state index in [4.69, 9.17) is 11.6 Å². The second-order valence-electron chi connectivity index (χ2n) is 6.29. The van der Waals surface area contributed by atoms with Crippen LogP contribution < -0.4 is 10.6 Å². The molecular formula is C17H15ClF3N3. The van der Waals surface area contributed by atoms with E-state index in [2.05, 4.69) is 15.6 Å². The standard InChI is InChI=1S/C17H15ClF3N3/c18-11-5-6-14-13(8-11)16(17(19,20)21,23-9-10-3-4-10)12-2-1-7-22-15(12)24-14/h1-2,5-8,10,23H,3-4,9H2,(H,22,24). The van der Waals surface area contributed by atoms with Crippen LogP contribution in [0, 0.1) is 5.92 Å². The van der Waals surface area contributed by atoms with Crippen molar-refractivity contribution in [3.05, 3.63) is 52.7 Å². The van der Waals surface area contributed by atoms with Crippen molar-refractivity contribution >= 4 is 23.1 Å². The maximum absolute atomic E-state index is 14.4. The fraction of sp³-hybridized carbons (Fsp3) is 0.353. The lowest BCUT2D eigenvalue weighted by atomic mass is 9.78. The van der Waals surface area contributed by atoms with Crippen molar-refractivity contribution in [2.45, 2.75) is 24.6 Å². The highest BCUT2D eigenvalue weighted by molar-refractivity contribution is 6.30. The molecule has 2 heterocycles. The van der Waals surface area contributed by atoms with Crippen molar-refractivity contribution in [1.29, 1.82) is 0 Å². The van der Waals surface area contributed by atoms with Crippen molar-refractivity contribution in [2.24, 2.45) is 5.92 Å². The average Bonchev–Trinajstić information content (AvgIpc) is 3.35. The van der Waals surface area contributed by atoms with Gasteiger partial charge in [-0.05, 0) is 49.6 Å². The fourth-order valence-electron chi connectivity index (χ4n) is 3.23. The Morgan fingerprint density at radius 3 is 2.75 bits per heavy atom. The highest BCUT2D eigenvalue weighted by atomic mass is 35.5. The molecule has 1 aromatic heterocycles. The molecule has 1 aliphatic carbocycles. The van der Waals surface area contributed by atoms with Gasteiger partial charge in [0.1, 0.15) is 5.82 Å². The van der Waals surface area contributed by atoms with E-state index in [1.165, 1.54) is 24.4 Å². The first-order valence-electron chi connectivity index (χ1n) is 7.76. The summed E-state index contributed by atoms with van der Waals surface area (Å²) in [4.78, 5) is 4.11. The van der Waals surface area contributed by atoms with Crippen LogP contribution in [0.5, 0.6) is 0 Å². The molecule has 0 amide bonds. The molecule has 0 bridgehead atoms. The molecule has 1 unspecified atom stereocenters. The molecular weight excluding hydrogens is 339 g/mol. The van der Waals surface area contributed by atoms with Gasteiger partial charge in [-0.2, -0.15) is 13.2 Å². The quantitative estimate of drug-likeness (QED) is 0.847. The van der Waals surface area contributed by atoms with Crippen molar-refractivity contribution < 1.29 is 13.2 Å². The van der Waals surface area contributed by atoms with Crippen LogP contribution in [0.4, 0.5) is 24.7 Å². The molecule has 1 fully saturated rings. The van der Waals surface area contributed by atoms with Gasteiger partial charge in [0, 0.05) is 28.0 Å². The summed E-state index contributed by atoms with van der Waals surface area (Å²) < 4.78 is 43.2. The normalized spacial score (nSPS) is 22.5. The molecule has 24 heavy (non-hydrogen) atoms. The fourth-order valence-corrected chi connectivity index (χ4v) is 3.40. The van der Waals surface area contributed by atoms with E-state index in [0.717, 1.165) is 12.8 Å². The number of nitrogens with one attached hydrogen (secondary N) is 2. The number of halogens is 4. The first kappa shape index (κ1) is 15.7. The van der Waals surface area contributed by atoms with Gasteiger partial charge < -0.3 is 5.32 Å². The molecule has 1 aromatic carbocycles. The molecule has 2 aromatic rings. The SMILES string of the molecule is FC(F)(F)C1(NCC2CC2)c2cc(Cl)ccc2Nc2ncccc21. The number of hydrogen-bond donors (Lipinski definition) is 2. The summed E-state index contributed by atoms with van der Waals surface area (Å²) in [6.45, 7) is 0.305. The lowest BCUT2D eigenvalue weighted by molar-refractivity contribution is -0.187. The summed E-state index contributed by atoms with van der Waals surface area (Å²) in [6.07, 6.45) is -1.14. The average molecular weight is 354 g/mol. The predicted octanol–water partition coefficient (Wildman–Crippen LogP) is 4.60. The van der Waals surface area contributed by atoms with Crippen LogP contribution in [0.2, 0.25) is 5.02 Å². The van der Waals surface area contributed by atoms with Gasteiger partial charge in [0.2, 0.25) is 0 Å². The Bertz CT molecular complexity index is 789. The topological polar surface area (TPSA) is 37.0 Å². The van der Waals surface area contributed by atoms with E-state index >= 15 is 0 Å². The number of rotatable bonds is 3. The number of anilines is 2. The minimum atomic E-state index is -4.54. The van der Waals surface area contributed by atoms with Crippen molar-refractivity contribution in [2.75, 3.05) is 11.9 Å². The Hall–Kier alpha value is -1.79. The van der Waals surface area contributed by atoms with Gasteiger partial charge in [-0.1, -0.05) is 17.7 Å². The van der Waals surface area contributed by atoms with Crippen molar-refractivity contribution in [1.82, 2.24) is 10.3 Å². The molecule has 4 rings (SSSR count). The molecule has 2 aliphatic rings. The van der Waals surface area contributed by atoms with Crippen molar-refractivity contribution in [3.63, 3.8) is 0 Å². The van der Waals surface area contributed by atoms with Crippen LogP contribution in [0.25, 0.3) is 0 Å². The smallest absolute Gasteiger partial charge is 0.340 e. The molecule has 0 saturated heterocycles. The summed E-state index contributed by atoms with van der Waals surface area (Å²) in [5.74, 6) is 0.509. The zero-order valence-corrected chi connectivity index (χ0v) is 13.4. The second-order valence-corrected chi connectivity index (χ2v) is 6.72. The third-order valence-corrected chi connectivity index (χ3v) is 4.86. The molecule has 126 valence electrons. The van der Waals surface area contributed by atoms with Crippen LogP contribution in [0.1, 0.15) is 24.0 Å². The number of nitrogens with zero attached hydrogens (tertiary/aromatic N) is 1. The van der Waals surface area contributed by atoms with Gasteiger partial charge in [-0.3, -0.25) is 5.32 Å². The number of pyridine rings is 1. The largest absolute Gasteiger partial charge is 0.415 e. The Labute approximate surface area is 142 Å². The molecule has 0 spiro atoms. The highest BCUT2D eigenvalue weighted by Crippen LogP contribution is 2.52. The van der Waals surface area contributed by atoms with Crippen LogP contribution in [0.15, 0.2) is 36.5 Å². The maximum atomic E-state index is 14.4. The second kappa shape index (κ2) is 5.36. The number of benzene rings is 1. The molecule has 1 aliphatic heterocycles. The minimum absolute atomic E-state index is 0.0768. The Morgan fingerprint density at radius 2 is 2.04 bits per heavy atom. The van der Waals surface area contributed by atoms with E-state index < -0.39 is 11.7 Å². The van der Waals surface area contributed by atoms with E-state index in [0.29, 0.717) is 18.2 Å². The molecule has 0 radical (unpaired) electrons. The van der Waals surface area contributed by atoms with Crippen LogP contribution >= 0.6 is 11.6 Å². The summed E-state index contributed by atoms with van der Waals surface area (Å²) >= 11 is 6.02. The van der Waals surface area contributed by atoms with Gasteiger partial charge in [-0.15, -0.1) is 0 Å². The van der Waals surface area contributed by atoms with Crippen molar-refractivity contribution in [3.8, 4) is 0 Å². The predicted molar refractivity (Wildman–Crippen MR) is 86.5 cm³/mol. The lowest BCUT2D eigenvalue weighted by Gasteiger charge is -2.42. The van der Waals surface area contributed by atoms with E-state index in [1.807, 2.05) is 0 Å². The number of fused-ring (bicyclic) bond motifs is 2.